The van der Waals surface area contributed by atoms with E-state index in [2.05, 4.69) is 9.97 Å². The molecule has 1 aromatic heterocycles. The largest absolute Gasteiger partial charge is 0.465 e. The van der Waals surface area contributed by atoms with Crippen LogP contribution in [0, 0.1) is 0 Å². The molecule has 0 atom stereocenters. The molecule has 8 heteroatoms. The highest BCUT2D eigenvalue weighted by Gasteiger charge is 2.46. The molecule has 0 N–H and O–H groups in total. The first kappa shape index (κ1) is 16.1. The monoisotopic (exact) mass is 378 g/mol. The van der Waals surface area contributed by atoms with E-state index in [1.54, 1.807) is 18.2 Å². The molecule has 22 heavy (non-hydrogen) atoms. The summed E-state index contributed by atoms with van der Waals surface area (Å²) in [5, 5.41) is 0. The molecule has 1 aliphatic carbocycles. The molecule has 4 nitrogen and oxygen atoms in total. The lowest BCUT2D eigenvalue weighted by atomic mass is 9.97. The third kappa shape index (κ3) is 2.62. The van der Waals surface area contributed by atoms with Gasteiger partial charge in [-0.2, -0.15) is 0 Å². The predicted molar refractivity (Wildman–Crippen MR) is 86.9 cm³/mol. The topological polar surface area (TPSA) is 52.1 Å². The lowest BCUT2D eigenvalue weighted by molar-refractivity contribution is 0.0601. The molecule has 0 bridgehead atoms. The van der Waals surface area contributed by atoms with Gasteiger partial charge in [0, 0.05) is 0 Å². The number of hydrogen-bond acceptors (Lipinski definition) is 4. The molecular weight excluding hydrogens is 370 g/mol. The number of aromatic nitrogens is 2. The van der Waals surface area contributed by atoms with Crippen molar-refractivity contribution < 1.29 is 9.53 Å². The predicted octanol–water partition coefficient (Wildman–Crippen LogP) is 4.47. The quantitative estimate of drug-likeness (QED) is 0.541. The summed E-state index contributed by atoms with van der Waals surface area (Å²) in [5.74, 6) is -0.464. The number of ether oxygens (including phenoxy) is 1. The normalized spacial score (nSPS) is 18.8. The van der Waals surface area contributed by atoms with Gasteiger partial charge in [-0.1, -0.05) is 46.4 Å². The fourth-order valence-electron chi connectivity index (χ4n) is 2.36. The summed E-state index contributed by atoms with van der Waals surface area (Å²) < 4.78 is 2.28. The number of carbonyl (C=O) groups is 1. The van der Waals surface area contributed by atoms with E-state index in [4.69, 9.17) is 51.1 Å². The molecule has 0 saturated carbocycles. The summed E-state index contributed by atoms with van der Waals surface area (Å²) in [7, 11) is 1.31. The average Bonchev–Trinajstić information content (AvgIpc) is 2.49. The molecule has 0 fully saturated rings. The molecule has 1 aliphatic rings. The van der Waals surface area contributed by atoms with Crippen LogP contribution in [0.25, 0.3) is 11.0 Å². The third-order valence-corrected chi connectivity index (χ3v) is 5.00. The summed E-state index contributed by atoms with van der Waals surface area (Å²) in [6.07, 6.45) is 0.726. The highest BCUT2D eigenvalue weighted by atomic mass is 35.5. The van der Waals surface area contributed by atoms with Gasteiger partial charge in [-0.3, -0.25) is 0 Å². The van der Waals surface area contributed by atoms with Gasteiger partial charge in [0.2, 0.25) is 0 Å². The fraction of sp³-hybridized carbons (Fsp3) is 0.357. The summed E-state index contributed by atoms with van der Waals surface area (Å²) in [4.78, 5) is 20.5. The number of carbonyl (C=O) groups excluding carboxylic acids is 1. The molecule has 0 radical (unpaired) electrons. The minimum absolute atomic E-state index is 0.321. The minimum atomic E-state index is -1.22. The first-order valence-electron chi connectivity index (χ1n) is 6.41. The van der Waals surface area contributed by atoms with Gasteiger partial charge in [-0.15, -0.1) is 0 Å². The molecule has 116 valence electrons. The van der Waals surface area contributed by atoms with E-state index in [0.717, 1.165) is 0 Å². The smallest absolute Gasteiger partial charge is 0.337 e. The molecule has 1 aromatic carbocycles. The van der Waals surface area contributed by atoms with Gasteiger partial charge in [0.25, 0.3) is 0 Å². The molecule has 0 saturated heterocycles. The number of alkyl halides is 4. The molecule has 0 spiro atoms. The molecule has 0 amide bonds. The van der Waals surface area contributed by atoms with Crippen molar-refractivity contribution in [2.75, 3.05) is 7.11 Å². The standard InChI is InChI=1S/C14H10Cl4N2O2/c1-22-12(21)7-2-3-8-9(6-7)20-11-10(19-8)13(15,16)4-5-14(11,17)18/h2-3,6H,4-5H2,1H3. The molecule has 3 rings (SSSR count). The Morgan fingerprint density at radius 3 is 2.14 bits per heavy atom. The van der Waals surface area contributed by atoms with Crippen molar-refractivity contribution in [1.29, 1.82) is 0 Å². The first-order valence-corrected chi connectivity index (χ1v) is 7.92. The second-order valence-corrected chi connectivity index (χ2v) is 7.99. The van der Waals surface area contributed by atoms with Crippen LogP contribution in [0.4, 0.5) is 0 Å². The van der Waals surface area contributed by atoms with E-state index in [1.807, 2.05) is 0 Å². The zero-order valence-corrected chi connectivity index (χ0v) is 14.4. The van der Waals surface area contributed by atoms with Crippen LogP contribution in [-0.4, -0.2) is 23.0 Å². The maximum Gasteiger partial charge on any atom is 0.337 e. The molecule has 0 aliphatic heterocycles. The van der Waals surface area contributed by atoms with Gasteiger partial charge in [0.1, 0.15) is 11.4 Å². The van der Waals surface area contributed by atoms with Crippen molar-refractivity contribution in [3.8, 4) is 0 Å². The van der Waals surface area contributed by atoms with E-state index in [9.17, 15) is 4.79 Å². The Morgan fingerprint density at radius 2 is 1.59 bits per heavy atom. The zero-order chi connectivity index (χ0) is 16.1. The number of nitrogens with zero attached hydrogens (tertiary/aromatic N) is 2. The number of benzene rings is 1. The number of rotatable bonds is 1. The third-order valence-electron chi connectivity index (χ3n) is 3.53. The van der Waals surface area contributed by atoms with Crippen molar-refractivity contribution >= 4 is 63.4 Å². The minimum Gasteiger partial charge on any atom is -0.465 e. The van der Waals surface area contributed by atoms with Crippen LogP contribution in [0.5, 0.6) is 0 Å². The Bertz CT molecular complexity index is 777. The lowest BCUT2D eigenvalue weighted by Crippen LogP contribution is -2.30. The van der Waals surface area contributed by atoms with E-state index in [1.165, 1.54) is 7.11 Å². The Balaban J connectivity index is 2.25. The number of hydrogen-bond donors (Lipinski definition) is 0. The van der Waals surface area contributed by atoms with E-state index in [-0.39, 0.29) is 0 Å². The Morgan fingerprint density at radius 1 is 1.05 bits per heavy atom. The Kier molecular flexibility index (Phi) is 3.92. The highest BCUT2D eigenvalue weighted by Crippen LogP contribution is 2.53. The number of halogens is 4. The van der Waals surface area contributed by atoms with Crippen molar-refractivity contribution in [1.82, 2.24) is 9.97 Å². The van der Waals surface area contributed by atoms with E-state index < -0.39 is 14.6 Å². The van der Waals surface area contributed by atoms with Gasteiger partial charge < -0.3 is 4.74 Å². The second kappa shape index (κ2) is 5.38. The molecule has 2 aromatic rings. The van der Waals surface area contributed by atoms with Crippen LogP contribution in [0.2, 0.25) is 0 Å². The van der Waals surface area contributed by atoms with Gasteiger partial charge in [0.15, 0.2) is 8.67 Å². The van der Waals surface area contributed by atoms with Crippen LogP contribution >= 0.6 is 46.4 Å². The molecule has 1 heterocycles. The van der Waals surface area contributed by atoms with E-state index in [0.29, 0.717) is 40.8 Å². The molecule has 0 unspecified atom stereocenters. The van der Waals surface area contributed by atoms with Crippen molar-refractivity contribution in [3.05, 3.63) is 35.2 Å². The zero-order valence-electron chi connectivity index (χ0n) is 11.4. The van der Waals surface area contributed by atoms with Crippen molar-refractivity contribution in [2.45, 2.75) is 21.5 Å². The van der Waals surface area contributed by atoms with E-state index >= 15 is 0 Å². The van der Waals surface area contributed by atoms with Gasteiger partial charge >= 0.3 is 5.97 Å². The van der Waals surface area contributed by atoms with Gasteiger partial charge in [-0.25, -0.2) is 14.8 Å². The van der Waals surface area contributed by atoms with Crippen LogP contribution in [-0.2, 0) is 13.4 Å². The maximum atomic E-state index is 11.6. The summed E-state index contributed by atoms with van der Waals surface area (Å²) in [5.41, 5.74) is 2.05. The van der Waals surface area contributed by atoms with Crippen molar-refractivity contribution in [2.24, 2.45) is 0 Å². The Hall–Kier alpha value is -0.810. The van der Waals surface area contributed by atoms with Gasteiger partial charge in [0.05, 0.1) is 23.7 Å². The van der Waals surface area contributed by atoms with Gasteiger partial charge in [-0.05, 0) is 31.0 Å². The summed E-state index contributed by atoms with van der Waals surface area (Å²) in [6, 6.07) is 4.81. The lowest BCUT2D eigenvalue weighted by Gasteiger charge is -2.33. The van der Waals surface area contributed by atoms with Crippen LogP contribution in [0.15, 0.2) is 18.2 Å². The highest BCUT2D eigenvalue weighted by molar-refractivity contribution is 6.51. The average molecular weight is 380 g/mol. The number of fused-ring (bicyclic) bond motifs is 2. The SMILES string of the molecule is COC(=O)c1ccc2nc3c(nc2c1)C(Cl)(Cl)CCC3(Cl)Cl. The number of methoxy groups -OCH3 is 1. The summed E-state index contributed by atoms with van der Waals surface area (Å²) in [6.45, 7) is 0. The number of esters is 1. The first-order chi connectivity index (χ1) is 10.2. The van der Waals surface area contributed by atoms with Crippen LogP contribution in [0.1, 0.15) is 34.6 Å². The van der Waals surface area contributed by atoms with Crippen LogP contribution in [0.3, 0.4) is 0 Å². The Labute approximate surface area is 146 Å². The van der Waals surface area contributed by atoms with Crippen molar-refractivity contribution in [3.63, 3.8) is 0 Å². The van der Waals surface area contributed by atoms with Crippen LogP contribution < -0.4 is 0 Å². The summed E-state index contributed by atoms with van der Waals surface area (Å²) >= 11 is 25.2. The second-order valence-electron chi connectivity index (χ2n) is 5.02. The molecular formula is C14H10Cl4N2O2. The maximum absolute atomic E-state index is 11.6. The fourth-order valence-corrected chi connectivity index (χ4v) is 3.26.